The first-order valence-electron chi connectivity index (χ1n) is 6.21. The van der Waals surface area contributed by atoms with E-state index < -0.39 is 22.0 Å². The van der Waals surface area contributed by atoms with Gasteiger partial charge in [-0.05, 0) is 19.3 Å². The molecule has 7 heteroatoms. The summed E-state index contributed by atoms with van der Waals surface area (Å²) >= 11 is 0. The minimum atomic E-state index is -3.11. The van der Waals surface area contributed by atoms with Crippen LogP contribution in [0, 0.1) is 0 Å². The number of aliphatic hydroxyl groups excluding tert-OH is 1. The molecule has 0 aromatic rings. The van der Waals surface area contributed by atoms with Crippen molar-refractivity contribution >= 4 is 15.7 Å². The Labute approximate surface area is 108 Å². The molecule has 106 valence electrons. The Morgan fingerprint density at radius 1 is 1.44 bits per heavy atom. The number of aliphatic hydroxyl groups is 1. The van der Waals surface area contributed by atoms with E-state index in [-0.39, 0.29) is 24.1 Å². The van der Waals surface area contributed by atoms with Gasteiger partial charge in [-0.3, -0.25) is 4.79 Å². The predicted octanol–water partition coefficient (Wildman–Crippen LogP) is -0.832. The molecule has 3 atom stereocenters. The number of carbonyl (C=O) groups excluding carboxylic acids is 1. The minimum absolute atomic E-state index is 0.102. The van der Waals surface area contributed by atoms with Gasteiger partial charge < -0.3 is 16.2 Å². The van der Waals surface area contributed by atoms with Crippen molar-refractivity contribution in [2.24, 2.45) is 5.73 Å². The quantitative estimate of drug-likeness (QED) is 0.608. The van der Waals surface area contributed by atoms with Crippen molar-refractivity contribution < 1.29 is 18.3 Å². The average Bonchev–Trinajstić information content (AvgIpc) is 2.28. The first-order chi connectivity index (χ1) is 8.29. The van der Waals surface area contributed by atoms with Crippen molar-refractivity contribution in [3.63, 3.8) is 0 Å². The number of nitrogens with one attached hydrogen (secondary N) is 1. The number of hydrogen-bond donors (Lipinski definition) is 3. The van der Waals surface area contributed by atoms with Crippen LogP contribution >= 0.6 is 0 Å². The van der Waals surface area contributed by atoms with Crippen molar-refractivity contribution in [1.82, 2.24) is 5.32 Å². The van der Waals surface area contributed by atoms with Crippen LogP contribution < -0.4 is 11.1 Å². The summed E-state index contributed by atoms with van der Waals surface area (Å²) in [6.07, 6.45) is 4.06. The van der Waals surface area contributed by atoms with E-state index in [4.69, 9.17) is 5.73 Å². The maximum Gasteiger partial charge on any atom is 0.237 e. The molecule has 1 aliphatic rings. The van der Waals surface area contributed by atoms with E-state index in [1.165, 1.54) is 0 Å². The maximum atomic E-state index is 11.7. The van der Waals surface area contributed by atoms with Gasteiger partial charge in [0, 0.05) is 6.26 Å². The molecule has 1 fully saturated rings. The number of amides is 1. The van der Waals surface area contributed by atoms with Crippen LogP contribution in [-0.2, 0) is 14.6 Å². The lowest BCUT2D eigenvalue weighted by Crippen LogP contribution is -2.51. The van der Waals surface area contributed by atoms with Crippen LogP contribution in [0.2, 0.25) is 0 Å². The molecule has 0 spiro atoms. The summed E-state index contributed by atoms with van der Waals surface area (Å²) in [6.45, 7) is 0. The molecule has 0 heterocycles. The SMILES string of the molecule is CS(=O)(=O)CCC(N)C(=O)N[C@H]1CCCC[C@@H]1O. The topological polar surface area (TPSA) is 109 Å². The van der Waals surface area contributed by atoms with Gasteiger partial charge in [-0.25, -0.2) is 8.42 Å². The average molecular weight is 278 g/mol. The third kappa shape index (κ3) is 5.32. The maximum absolute atomic E-state index is 11.7. The fraction of sp³-hybridized carbons (Fsp3) is 0.909. The Bertz CT molecular complexity index is 383. The van der Waals surface area contributed by atoms with Gasteiger partial charge in [0.2, 0.25) is 5.91 Å². The Balaban J connectivity index is 2.39. The normalized spacial score (nSPS) is 26.6. The van der Waals surface area contributed by atoms with E-state index in [2.05, 4.69) is 5.32 Å². The zero-order valence-corrected chi connectivity index (χ0v) is 11.4. The lowest BCUT2D eigenvalue weighted by atomic mass is 9.92. The largest absolute Gasteiger partial charge is 0.391 e. The predicted molar refractivity (Wildman–Crippen MR) is 68.7 cm³/mol. The molecular weight excluding hydrogens is 256 g/mol. The van der Waals surface area contributed by atoms with Crippen LogP contribution in [0.4, 0.5) is 0 Å². The molecule has 4 N–H and O–H groups in total. The van der Waals surface area contributed by atoms with E-state index in [0.717, 1.165) is 25.5 Å². The van der Waals surface area contributed by atoms with Crippen LogP contribution in [0.1, 0.15) is 32.1 Å². The summed E-state index contributed by atoms with van der Waals surface area (Å²) in [5.74, 6) is -0.487. The Hall–Kier alpha value is -0.660. The van der Waals surface area contributed by atoms with Gasteiger partial charge >= 0.3 is 0 Å². The van der Waals surface area contributed by atoms with E-state index >= 15 is 0 Å². The first kappa shape index (κ1) is 15.4. The first-order valence-corrected chi connectivity index (χ1v) is 8.27. The van der Waals surface area contributed by atoms with Crippen LogP contribution in [0.3, 0.4) is 0 Å². The van der Waals surface area contributed by atoms with Gasteiger partial charge in [0.25, 0.3) is 0 Å². The summed E-state index contributed by atoms with van der Waals surface area (Å²) in [7, 11) is -3.11. The van der Waals surface area contributed by atoms with E-state index in [1.54, 1.807) is 0 Å². The van der Waals surface area contributed by atoms with Gasteiger partial charge in [-0.1, -0.05) is 12.8 Å². The highest BCUT2D eigenvalue weighted by Gasteiger charge is 2.26. The van der Waals surface area contributed by atoms with Crippen molar-refractivity contribution in [2.75, 3.05) is 12.0 Å². The summed E-state index contributed by atoms with van der Waals surface area (Å²) in [5, 5.41) is 12.4. The zero-order valence-electron chi connectivity index (χ0n) is 10.6. The van der Waals surface area contributed by atoms with Gasteiger partial charge in [0.05, 0.1) is 23.9 Å². The van der Waals surface area contributed by atoms with Gasteiger partial charge in [-0.15, -0.1) is 0 Å². The van der Waals surface area contributed by atoms with Gasteiger partial charge in [0.1, 0.15) is 9.84 Å². The van der Waals surface area contributed by atoms with Gasteiger partial charge in [0.15, 0.2) is 0 Å². The molecule has 18 heavy (non-hydrogen) atoms. The molecule has 1 rings (SSSR count). The number of nitrogens with two attached hydrogens (primary N) is 1. The highest BCUT2D eigenvalue weighted by Crippen LogP contribution is 2.18. The summed E-state index contributed by atoms with van der Waals surface area (Å²) in [5.41, 5.74) is 5.63. The van der Waals surface area contributed by atoms with Crippen LogP contribution in [0.5, 0.6) is 0 Å². The third-order valence-corrected chi connectivity index (χ3v) is 4.17. The smallest absolute Gasteiger partial charge is 0.237 e. The lowest BCUT2D eigenvalue weighted by Gasteiger charge is -2.29. The second-order valence-electron chi connectivity index (χ2n) is 4.99. The highest BCUT2D eigenvalue weighted by atomic mass is 32.2. The molecule has 6 nitrogen and oxygen atoms in total. The molecular formula is C11H22N2O4S. The van der Waals surface area contributed by atoms with E-state index in [1.807, 2.05) is 0 Å². The number of rotatable bonds is 5. The molecule has 1 amide bonds. The Morgan fingerprint density at radius 3 is 2.61 bits per heavy atom. The minimum Gasteiger partial charge on any atom is -0.391 e. The fourth-order valence-corrected chi connectivity index (χ4v) is 2.72. The second-order valence-corrected chi connectivity index (χ2v) is 7.25. The highest BCUT2D eigenvalue weighted by molar-refractivity contribution is 7.90. The van der Waals surface area contributed by atoms with Crippen LogP contribution in [0.15, 0.2) is 0 Å². The van der Waals surface area contributed by atoms with Crippen molar-refractivity contribution in [3.8, 4) is 0 Å². The summed E-state index contributed by atoms with van der Waals surface area (Å²) in [6, 6.07) is -1.09. The summed E-state index contributed by atoms with van der Waals surface area (Å²) in [4.78, 5) is 11.7. The molecule has 0 aliphatic heterocycles. The number of sulfone groups is 1. The molecule has 0 saturated heterocycles. The monoisotopic (exact) mass is 278 g/mol. The molecule has 1 unspecified atom stereocenters. The van der Waals surface area contributed by atoms with E-state index in [0.29, 0.717) is 6.42 Å². The fourth-order valence-electron chi connectivity index (χ4n) is 2.04. The molecule has 1 aliphatic carbocycles. The standard InChI is InChI=1S/C11H22N2O4S/c1-18(16,17)7-6-8(12)11(15)13-9-4-2-3-5-10(9)14/h8-10,14H,2-7,12H2,1H3,(H,13,15)/t8?,9-,10-/m0/s1. The second kappa shape index (κ2) is 6.49. The molecule has 0 radical (unpaired) electrons. The number of carbonyl (C=O) groups is 1. The van der Waals surface area contributed by atoms with E-state index in [9.17, 15) is 18.3 Å². The van der Waals surface area contributed by atoms with Crippen molar-refractivity contribution in [1.29, 1.82) is 0 Å². The molecule has 0 aromatic heterocycles. The lowest BCUT2D eigenvalue weighted by molar-refractivity contribution is -0.124. The van der Waals surface area contributed by atoms with Gasteiger partial charge in [-0.2, -0.15) is 0 Å². The van der Waals surface area contributed by atoms with Crippen LogP contribution in [0.25, 0.3) is 0 Å². The van der Waals surface area contributed by atoms with Crippen LogP contribution in [-0.4, -0.2) is 49.6 Å². The Morgan fingerprint density at radius 2 is 2.06 bits per heavy atom. The molecule has 0 aromatic carbocycles. The van der Waals surface area contributed by atoms with Crippen molar-refractivity contribution in [2.45, 2.75) is 50.3 Å². The third-order valence-electron chi connectivity index (χ3n) is 3.19. The van der Waals surface area contributed by atoms with Crippen molar-refractivity contribution in [3.05, 3.63) is 0 Å². The zero-order chi connectivity index (χ0) is 13.8. The number of hydrogen-bond acceptors (Lipinski definition) is 5. The molecule has 0 bridgehead atoms. The Kier molecular flexibility index (Phi) is 5.55. The molecule has 1 saturated carbocycles. The summed E-state index contributed by atoms with van der Waals surface area (Å²) < 4.78 is 21.9.